The molecule has 0 spiro atoms. The minimum absolute atomic E-state index is 0.385. The first kappa shape index (κ1) is 12.6. The Hall–Kier alpha value is -0.870. The van der Waals surface area contributed by atoms with Gasteiger partial charge in [0, 0.05) is 16.2 Å². The van der Waals surface area contributed by atoms with E-state index < -0.39 is 0 Å². The monoisotopic (exact) mass is 337 g/mol. The fraction of sp³-hybridized carbons (Fsp3) is 0.200. The summed E-state index contributed by atoms with van der Waals surface area (Å²) in [6.45, 7) is 3.11. The van der Waals surface area contributed by atoms with Crippen LogP contribution in [-0.2, 0) is 6.54 Å². The Labute approximate surface area is 116 Å². The number of rotatable bonds is 4. The predicted molar refractivity (Wildman–Crippen MR) is 80.9 cm³/mol. The number of halogens is 1. The Balaban J connectivity index is 1.92. The summed E-state index contributed by atoms with van der Waals surface area (Å²) < 4.78 is 1.28. The highest BCUT2D eigenvalue weighted by Gasteiger charge is 2.03. The summed E-state index contributed by atoms with van der Waals surface area (Å²) in [5, 5.41) is 3.53. The van der Waals surface area contributed by atoms with Crippen LogP contribution in [0.25, 0.3) is 0 Å². The molecule has 0 amide bonds. The van der Waals surface area contributed by atoms with Gasteiger partial charge in [0.25, 0.3) is 0 Å². The molecule has 0 heterocycles. The zero-order chi connectivity index (χ0) is 12.1. The summed E-state index contributed by atoms with van der Waals surface area (Å²) in [7, 11) is 0. The van der Waals surface area contributed by atoms with Crippen molar-refractivity contribution < 1.29 is 0 Å². The van der Waals surface area contributed by atoms with Gasteiger partial charge >= 0.3 is 0 Å². The molecule has 0 radical (unpaired) electrons. The van der Waals surface area contributed by atoms with Gasteiger partial charge < -0.3 is 5.32 Å². The van der Waals surface area contributed by atoms with Crippen LogP contribution in [0.15, 0.2) is 54.6 Å². The molecule has 0 fully saturated rings. The minimum Gasteiger partial charge on any atom is -0.306 e. The normalized spacial score (nSPS) is 12.4. The molecule has 2 heteroatoms. The van der Waals surface area contributed by atoms with Crippen molar-refractivity contribution in [2.75, 3.05) is 0 Å². The Kier molecular flexibility index (Phi) is 4.57. The Morgan fingerprint density at radius 1 is 1.00 bits per heavy atom. The predicted octanol–water partition coefficient (Wildman–Crippen LogP) is 4.14. The van der Waals surface area contributed by atoms with Crippen LogP contribution in [-0.4, -0.2) is 0 Å². The maximum absolute atomic E-state index is 3.53. The van der Waals surface area contributed by atoms with Crippen molar-refractivity contribution in [3.05, 3.63) is 69.3 Å². The van der Waals surface area contributed by atoms with Crippen molar-refractivity contribution in [3.63, 3.8) is 0 Å². The average Bonchev–Trinajstić information content (AvgIpc) is 2.39. The summed E-state index contributed by atoms with van der Waals surface area (Å²) in [6, 6.07) is 19.5. The molecule has 17 heavy (non-hydrogen) atoms. The first-order valence-corrected chi connectivity index (χ1v) is 6.86. The zero-order valence-corrected chi connectivity index (χ0v) is 12.0. The maximum atomic E-state index is 3.53. The third-order valence-corrected chi connectivity index (χ3v) is 3.54. The van der Waals surface area contributed by atoms with Gasteiger partial charge in [-0.25, -0.2) is 0 Å². The molecular formula is C15H16IN. The van der Waals surface area contributed by atoms with E-state index in [2.05, 4.69) is 89.4 Å². The molecule has 1 nitrogen and oxygen atoms in total. The molecule has 0 aliphatic carbocycles. The van der Waals surface area contributed by atoms with E-state index >= 15 is 0 Å². The lowest BCUT2D eigenvalue weighted by molar-refractivity contribution is 0.574. The van der Waals surface area contributed by atoms with Gasteiger partial charge in [0.1, 0.15) is 0 Å². The number of hydrogen-bond acceptors (Lipinski definition) is 1. The highest BCUT2D eigenvalue weighted by Crippen LogP contribution is 2.13. The second-order valence-corrected chi connectivity index (χ2v) is 5.39. The third-order valence-electron chi connectivity index (χ3n) is 2.83. The summed E-state index contributed by atoms with van der Waals surface area (Å²) in [5.41, 5.74) is 2.66. The van der Waals surface area contributed by atoms with Gasteiger partial charge in [-0.05, 0) is 52.8 Å². The first-order chi connectivity index (χ1) is 8.25. The van der Waals surface area contributed by atoms with Gasteiger partial charge in [0.05, 0.1) is 0 Å². The van der Waals surface area contributed by atoms with Gasteiger partial charge in [-0.1, -0.05) is 42.5 Å². The van der Waals surface area contributed by atoms with E-state index in [1.54, 1.807) is 0 Å². The summed E-state index contributed by atoms with van der Waals surface area (Å²) in [4.78, 5) is 0. The third kappa shape index (κ3) is 3.82. The van der Waals surface area contributed by atoms with Gasteiger partial charge in [-0.2, -0.15) is 0 Å². The molecular weight excluding hydrogens is 321 g/mol. The molecule has 0 aliphatic heterocycles. The zero-order valence-electron chi connectivity index (χ0n) is 9.86. The van der Waals surface area contributed by atoms with Crippen LogP contribution < -0.4 is 5.32 Å². The lowest BCUT2D eigenvalue weighted by Crippen LogP contribution is -2.17. The molecule has 2 aromatic carbocycles. The first-order valence-electron chi connectivity index (χ1n) is 5.78. The fourth-order valence-electron chi connectivity index (χ4n) is 1.73. The van der Waals surface area contributed by atoms with Gasteiger partial charge in [-0.3, -0.25) is 0 Å². The van der Waals surface area contributed by atoms with Gasteiger partial charge in [0.2, 0.25) is 0 Å². The standard InChI is InChI=1S/C15H16IN/c1-12(14-5-3-2-4-6-14)17-11-13-7-9-15(16)10-8-13/h2-10,12,17H,11H2,1H3/t12-/m1/s1. The van der Waals surface area contributed by atoms with Gasteiger partial charge in [-0.15, -0.1) is 0 Å². The molecule has 0 unspecified atom stereocenters. The smallest absolute Gasteiger partial charge is 0.0294 e. The van der Waals surface area contributed by atoms with Crippen LogP contribution >= 0.6 is 22.6 Å². The largest absolute Gasteiger partial charge is 0.306 e. The molecule has 2 aromatic rings. The maximum Gasteiger partial charge on any atom is 0.0294 e. The second kappa shape index (κ2) is 6.17. The molecule has 0 saturated heterocycles. The Morgan fingerprint density at radius 3 is 2.29 bits per heavy atom. The number of hydrogen-bond donors (Lipinski definition) is 1. The van der Waals surface area contributed by atoms with E-state index in [-0.39, 0.29) is 0 Å². The Morgan fingerprint density at radius 2 is 1.65 bits per heavy atom. The lowest BCUT2D eigenvalue weighted by Gasteiger charge is -2.14. The van der Waals surface area contributed by atoms with E-state index in [1.165, 1.54) is 14.7 Å². The van der Waals surface area contributed by atoms with Crippen molar-refractivity contribution >= 4 is 22.6 Å². The minimum atomic E-state index is 0.385. The lowest BCUT2D eigenvalue weighted by atomic mass is 10.1. The van der Waals surface area contributed by atoms with Crippen LogP contribution in [0, 0.1) is 3.57 Å². The number of benzene rings is 2. The van der Waals surface area contributed by atoms with Crippen molar-refractivity contribution in [3.8, 4) is 0 Å². The summed E-state index contributed by atoms with van der Waals surface area (Å²) >= 11 is 2.33. The molecule has 0 aliphatic rings. The van der Waals surface area contributed by atoms with Crippen LogP contribution in [0.4, 0.5) is 0 Å². The number of nitrogens with one attached hydrogen (secondary N) is 1. The molecule has 0 saturated carbocycles. The van der Waals surface area contributed by atoms with Crippen molar-refractivity contribution in [2.24, 2.45) is 0 Å². The summed E-state index contributed by atoms with van der Waals surface area (Å²) in [6.07, 6.45) is 0. The quantitative estimate of drug-likeness (QED) is 0.827. The average molecular weight is 337 g/mol. The van der Waals surface area contributed by atoms with E-state index in [0.717, 1.165) is 6.54 Å². The SMILES string of the molecule is C[C@@H](NCc1ccc(I)cc1)c1ccccc1. The van der Waals surface area contributed by atoms with Crippen molar-refractivity contribution in [1.82, 2.24) is 5.32 Å². The van der Waals surface area contributed by atoms with Gasteiger partial charge in [0.15, 0.2) is 0 Å². The van der Waals surface area contributed by atoms with Crippen molar-refractivity contribution in [2.45, 2.75) is 19.5 Å². The Bertz CT molecular complexity index is 450. The van der Waals surface area contributed by atoms with Crippen LogP contribution in [0.2, 0.25) is 0 Å². The molecule has 1 atom stereocenters. The molecule has 2 rings (SSSR count). The molecule has 88 valence electrons. The topological polar surface area (TPSA) is 12.0 Å². The highest BCUT2D eigenvalue weighted by atomic mass is 127. The molecule has 0 aromatic heterocycles. The van der Waals surface area contributed by atoms with Crippen LogP contribution in [0.3, 0.4) is 0 Å². The van der Waals surface area contributed by atoms with Crippen LogP contribution in [0.1, 0.15) is 24.1 Å². The summed E-state index contributed by atoms with van der Waals surface area (Å²) in [5.74, 6) is 0. The van der Waals surface area contributed by atoms with E-state index in [0.29, 0.717) is 6.04 Å². The van der Waals surface area contributed by atoms with Crippen molar-refractivity contribution in [1.29, 1.82) is 0 Å². The molecule has 1 N–H and O–H groups in total. The molecule has 0 bridgehead atoms. The van der Waals surface area contributed by atoms with E-state index in [1.807, 2.05) is 0 Å². The fourth-order valence-corrected chi connectivity index (χ4v) is 2.09. The van der Waals surface area contributed by atoms with E-state index in [4.69, 9.17) is 0 Å². The van der Waals surface area contributed by atoms with Crippen LogP contribution in [0.5, 0.6) is 0 Å². The second-order valence-electron chi connectivity index (χ2n) is 4.14. The highest BCUT2D eigenvalue weighted by molar-refractivity contribution is 14.1. The van der Waals surface area contributed by atoms with E-state index in [9.17, 15) is 0 Å².